The molecule has 3 heterocycles. The number of nitrogens with one attached hydrogen (secondary N) is 3. The van der Waals surface area contributed by atoms with E-state index >= 15 is 0 Å². The number of aromatic amines is 1. The van der Waals surface area contributed by atoms with E-state index in [2.05, 4.69) is 45.8 Å². The normalized spacial score (nSPS) is 31.5. The summed E-state index contributed by atoms with van der Waals surface area (Å²) in [5, 5.41) is 50.2. The molecule has 11 N–H and O–H groups in total. The number of guanidine groups is 1. The van der Waals surface area contributed by atoms with Crippen molar-refractivity contribution in [2.75, 3.05) is 38.2 Å². The summed E-state index contributed by atoms with van der Waals surface area (Å²) in [6, 6.07) is 10.2. The van der Waals surface area contributed by atoms with E-state index in [1.807, 2.05) is 46.7 Å². The molecular formula is C56H84N6O6S2. The third-order valence-electron chi connectivity index (χ3n) is 18.3. The lowest BCUT2D eigenvalue weighted by molar-refractivity contribution is 0.0440. The van der Waals surface area contributed by atoms with Crippen molar-refractivity contribution >= 4 is 27.5 Å². The summed E-state index contributed by atoms with van der Waals surface area (Å²) >= 11 is 0. The van der Waals surface area contributed by atoms with Gasteiger partial charge in [-0.05, 0) is 147 Å². The second-order valence-electron chi connectivity index (χ2n) is 22.6. The Morgan fingerprint density at radius 2 is 1.83 bits per heavy atom. The molecular weight excluding hydrogens is 917 g/mol. The molecule has 1 aromatic carbocycles. The van der Waals surface area contributed by atoms with Gasteiger partial charge in [0.15, 0.2) is 17.5 Å². The largest absolute Gasteiger partial charge is 0.504 e. The minimum absolute atomic E-state index is 0.00219. The van der Waals surface area contributed by atoms with Crippen LogP contribution in [0.3, 0.4) is 0 Å². The van der Waals surface area contributed by atoms with Crippen molar-refractivity contribution in [3.05, 3.63) is 82.1 Å². The third-order valence-corrected chi connectivity index (χ3v) is 20.9. The minimum atomic E-state index is -0.911. The Bertz CT molecular complexity index is 2260. The van der Waals surface area contributed by atoms with E-state index in [4.69, 9.17) is 20.6 Å². The van der Waals surface area contributed by atoms with E-state index in [-0.39, 0.29) is 41.8 Å². The molecule has 1 saturated heterocycles. The Morgan fingerprint density at radius 3 is 2.63 bits per heavy atom. The van der Waals surface area contributed by atoms with Crippen LogP contribution in [0.15, 0.2) is 51.9 Å². The van der Waals surface area contributed by atoms with Crippen LogP contribution in [0.1, 0.15) is 161 Å². The zero-order valence-electron chi connectivity index (χ0n) is 42.2. The molecule has 1 aliphatic heterocycles. The number of unbranched alkanes of at least 4 members (excludes halogenated alkanes) is 1. The fourth-order valence-electron chi connectivity index (χ4n) is 14.6. The number of aryl methyl sites for hydroxylation is 3. The van der Waals surface area contributed by atoms with E-state index in [9.17, 15) is 20.4 Å². The van der Waals surface area contributed by atoms with Crippen molar-refractivity contribution in [3.63, 3.8) is 0 Å². The van der Waals surface area contributed by atoms with Gasteiger partial charge in [0.2, 0.25) is 0 Å². The van der Waals surface area contributed by atoms with Gasteiger partial charge < -0.3 is 56.7 Å². The number of rotatable bonds is 18. The maximum absolute atomic E-state index is 11.7. The molecule has 70 heavy (non-hydrogen) atoms. The first-order valence-electron chi connectivity index (χ1n) is 27.0. The van der Waals surface area contributed by atoms with E-state index < -0.39 is 12.2 Å². The van der Waals surface area contributed by atoms with Gasteiger partial charge in [-0.15, -0.1) is 0 Å². The number of aromatic nitrogens is 1. The summed E-state index contributed by atoms with van der Waals surface area (Å²) in [4.78, 5) is 7.94. The van der Waals surface area contributed by atoms with Gasteiger partial charge in [-0.25, -0.2) is 0 Å². The van der Waals surface area contributed by atoms with Gasteiger partial charge in [0.05, 0.1) is 12.7 Å². The molecule has 4 fully saturated rings. The van der Waals surface area contributed by atoms with Crippen LogP contribution in [0.4, 0.5) is 0 Å². The summed E-state index contributed by atoms with van der Waals surface area (Å²) in [6.07, 6.45) is 22.6. The predicted octanol–water partition coefficient (Wildman–Crippen LogP) is 9.17. The number of furan rings is 1. The molecule has 3 aromatic rings. The number of benzene rings is 1. The molecule has 14 heteroatoms. The van der Waals surface area contributed by atoms with Crippen LogP contribution < -0.4 is 26.8 Å². The molecule has 0 radical (unpaired) electrons. The van der Waals surface area contributed by atoms with Crippen LogP contribution in [-0.4, -0.2) is 87.8 Å². The lowest BCUT2D eigenvalue weighted by Crippen LogP contribution is -2.46. The minimum Gasteiger partial charge on any atom is -0.504 e. The van der Waals surface area contributed by atoms with Gasteiger partial charge in [0.1, 0.15) is 24.2 Å². The number of phenolic OH excluding ortho intramolecular Hbond substituents is 1. The third kappa shape index (κ3) is 11.0. The van der Waals surface area contributed by atoms with Crippen LogP contribution in [-0.2, 0) is 25.9 Å². The smallest absolute Gasteiger partial charge is 0.188 e. The molecule has 10 rings (SSSR count). The predicted molar refractivity (Wildman–Crippen MR) is 284 cm³/mol. The molecule has 2 spiro atoms. The molecule has 12 unspecified atom stereocenters. The number of phenols is 1. The first kappa shape index (κ1) is 51.8. The molecule has 0 amide bonds. The van der Waals surface area contributed by atoms with Gasteiger partial charge in [0.25, 0.3) is 0 Å². The molecule has 12 atom stereocenters. The number of aliphatic hydroxyl groups is 3. The zero-order chi connectivity index (χ0) is 49.0. The Balaban J connectivity index is 0.793. The standard InChI is InChI=1S/C56H84N6O6S2/c1-34-12-15-38-24-40(32-69-70-33-47(34)62-54(58)59-3)45(57)26-37(38)9-4-5-10-50-39(30-63)25-41(68-50)16-13-36-14-17-48(65)51(23-36)67-31-49(66)46-27-42-44(29-60-28-35(2)64)56-21-8-11-52(56)55(19-6-7-20-55)43(18-22-56)53(42)61-46/h14,17-18,22-23,25,27,34-35,37-38,40,43-45,47,49,52,60-61,63-66H,4-13,15-16,19-21,24,26,28-33,57H2,1-3H3,(H3,58,59,62). The van der Waals surface area contributed by atoms with E-state index in [0.29, 0.717) is 72.6 Å². The monoisotopic (exact) mass is 1000 g/mol. The van der Waals surface area contributed by atoms with Gasteiger partial charge in [0, 0.05) is 85.4 Å². The van der Waals surface area contributed by atoms with Crippen LogP contribution in [0.2, 0.25) is 0 Å². The Morgan fingerprint density at radius 1 is 1.00 bits per heavy atom. The first-order chi connectivity index (χ1) is 33.9. The van der Waals surface area contributed by atoms with Crippen molar-refractivity contribution in [1.29, 1.82) is 0 Å². The average Bonchev–Trinajstić information content (AvgIpc) is 4.17. The molecule has 3 saturated carbocycles. The van der Waals surface area contributed by atoms with Gasteiger partial charge in [-0.2, -0.15) is 0 Å². The molecule has 6 aliphatic carbocycles. The summed E-state index contributed by atoms with van der Waals surface area (Å²) < 4.78 is 12.6. The number of hydrogen-bond acceptors (Lipinski definition) is 11. The summed E-state index contributed by atoms with van der Waals surface area (Å²) in [5.74, 6) is 8.30. The average molecular weight is 1000 g/mol. The van der Waals surface area contributed by atoms with Gasteiger partial charge >= 0.3 is 0 Å². The number of H-pyrrole nitrogens is 1. The summed E-state index contributed by atoms with van der Waals surface area (Å²) in [6.45, 7) is 5.47. The highest BCUT2D eigenvalue weighted by Gasteiger charge is 2.63. The number of hydrogen-bond donors (Lipinski definition) is 9. The second kappa shape index (κ2) is 23.0. The van der Waals surface area contributed by atoms with E-state index in [1.165, 1.54) is 81.9 Å². The van der Waals surface area contributed by atoms with Gasteiger partial charge in [-0.3, -0.25) is 4.99 Å². The second-order valence-corrected chi connectivity index (χ2v) is 25.1. The zero-order valence-corrected chi connectivity index (χ0v) is 43.8. The van der Waals surface area contributed by atoms with Crippen molar-refractivity contribution in [2.24, 2.45) is 56.9 Å². The molecule has 2 aromatic heterocycles. The number of aliphatic hydroxyl groups excluding tert-OH is 3. The highest BCUT2D eigenvalue weighted by molar-refractivity contribution is 8.76. The highest BCUT2D eigenvalue weighted by atomic mass is 33.1. The fraction of sp³-hybridized carbons (Fsp3) is 0.696. The lowest BCUT2D eigenvalue weighted by Gasteiger charge is -2.52. The molecule has 386 valence electrons. The Hall–Kier alpha value is -3.11. The summed E-state index contributed by atoms with van der Waals surface area (Å²) in [5.41, 5.74) is 18.5. The fourth-order valence-corrected chi connectivity index (χ4v) is 17.5. The maximum Gasteiger partial charge on any atom is 0.188 e. The number of nitrogens with two attached hydrogens (primary N) is 2. The van der Waals surface area contributed by atoms with E-state index in [0.717, 1.165) is 72.1 Å². The Kier molecular flexibility index (Phi) is 17.0. The van der Waals surface area contributed by atoms with Crippen LogP contribution in [0, 0.1) is 40.4 Å². The number of nitrogens with zero attached hydrogens (tertiary/aromatic N) is 1. The SMILES string of the molecule is CN=C(N)NC1CSSCC2CC(CCC1C)C(CCCCc1oc(CCc3ccc(O)c(OCC(O)c4cc5c([nH]4)C4C=CC6(CCCC6C46CCCC6)C5CNCC(C)O)c3)cc1CO)CC2N. The van der Waals surface area contributed by atoms with Crippen molar-refractivity contribution in [3.8, 4) is 11.5 Å². The maximum atomic E-state index is 11.7. The quantitative estimate of drug-likeness (QED) is 0.0192. The number of fused-ring (bicyclic) bond motifs is 2. The molecule has 7 aliphatic rings. The highest BCUT2D eigenvalue weighted by Crippen LogP contribution is 2.72. The summed E-state index contributed by atoms with van der Waals surface area (Å²) in [7, 11) is 5.65. The Labute approximate surface area is 425 Å². The van der Waals surface area contributed by atoms with E-state index in [1.54, 1.807) is 13.1 Å². The number of aromatic hydroxyl groups is 1. The van der Waals surface area contributed by atoms with Crippen LogP contribution in [0.25, 0.3) is 0 Å². The number of aliphatic imine (C=N–C) groups is 1. The lowest BCUT2D eigenvalue weighted by atomic mass is 9.52. The molecule has 12 nitrogen and oxygen atoms in total. The molecule has 4 bridgehead atoms. The van der Waals surface area contributed by atoms with Crippen molar-refractivity contribution in [2.45, 2.75) is 166 Å². The topological polar surface area (TPSA) is 208 Å². The van der Waals surface area contributed by atoms with Crippen LogP contribution in [0.5, 0.6) is 11.5 Å². The number of ether oxygens (including phenoxy) is 1. The van der Waals surface area contributed by atoms with Crippen molar-refractivity contribution in [1.82, 2.24) is 15.6 Å². The van der Waals surface area contributed by atoms with Crippen molar-refractivity contribution < 1.29 is 29.6 Å². The van der Waals surface area contributed by atoms with Gasteiger partial charge in [-0.1, -0.05) is 78.8 Å². The van der Waals surface area contributed by atoms with Crippen LogP contribution >= 0.6 is 21.6 Å². The number of allylic oxidation sites excluding steroid dienone is 2. The first-order valence-corrected chi connectivity index (χ1v) is 29.5.